The molecule has 1 fully saturated rings. The van der Waals surface area contributed by atoms with Crippen molar-refractivity contribution < 1.29 is 13.0 Å². The normalized spacial score (nSPS) is 18.8. The van der Waals surface area contributed by atoms with Crippen molar-refractivity contribution in [2.75, 3.05) is 12.3 Å². The van der Waals surface area contributed by atoms with Crippen LogP contribution in [0, 0.1) is 17.6 Å². The minimum Gasteiger partial charge on any atom is -0.313 e. The van der Waals surface area contributed by atoms with E-state index in [2.05, 4.69) is 12.2 Å². The van der Waals surface area contributed by atoms with Crippen molar-refractivity contribution in [3.05, 3.63) is 29.8 Å². The lowest BCUT2D eigenvalue weighted by Gasteiger charge is -2.24. The lowest BCUT2D eigenvalue weighted by Crippen LogP contribution is -2.40. The molecule has 1 N–H and O–H groups in total. The third kappa shape index (κ3) is 4.58. The third-order valence-electron chi connectivity index (χ3n) is 4.11. The van der Waals surface area contributed by atoms with Crippen LogP contribution in [0.5, 0.6) is 0 Å². The van der Waals surface area contributed by atoms with Gasteiger partial charge in [-0.15, -0.1) is 0 Å². The van der Waals surface area contributed by atoms with Crippen LogP contribution >= 0.6 is 0 Å². The Balaban J connectivity index is 2.03. The van der Waals surface area contributed by atoms with E-state index in [1.807, 2.05) is 0 Å². The Bertz CT molecular complexity index is 489. The molecule has 21 heavy (non-hydrogen) atoms. The van der Waals surface area contributed by atoms with Gasteiger partial charge in [-0.25, -0.2) is 8.78 Å². The van der Waals surface area contributed by atoms with Crippen LogP contribution < -0.4 is 5.32 Å². The molecule has 2 rings (SSSR count). The molecule has 1 aromatic rings. The standard InChI is InChI=1S/C16H23F2NOS/c1-2-9-19-16(12-5-3-4-6-12)11-21(20)13-7-8-14(17)15(18)10-13/h7-8,10,12,16,19H,2-6,9,11H2,1H3. The van der Waals surface area contributed by atoms with E-state index in [0.717, 1.165) is 37.9 Å². The molecule has 0 aliphatic heterocycles. The summed E-state index contributed by atoms with van der Waals surface area (Å²) in [7, 11) is -1.30. The fourth-order valence-electron chi connectivity index (χ4n) is 2.93. The summed E-state index contributed by atoms with van der Waals surface area (Å²) in [6.07, 6.45) is 5.81. The van der Waals surface area contributed by atoms with Crippen molar-refractivity contribution >= 4 is 10.8 Å². The highest BCUT2D eigenvalue weighted by Crippen LogP contribution is 2.28. The number of benzene rings is 1. The topological polar surface area (TPSA) is 29.1 Å². The SMILES string of the molecule is CCCNC(CS(=O)c1ccc(F)c(F)c1)C1CCCC1. The molecule has 0 heterocycles. The average Bonchev–Trinajstić information content (AvgIpc) is 3.00. The van der Waals surface area contributed by atoms with Gasteiger partial charge in [-0.2, -0.15) is 0 Å². The van der Waals surface area contributed by atoms with Crippen molar-refractivity contribution in [1.82, 2.24) is 5.32 Å². The van der Waals surface area contributed by atoms with Crippen LogP contribution in [-0.2, 0) is 10.8 Å². The maximum absolute atomic E-state index is 13.3. The number of nitrogens with one attached hydrogen (secondary N) is 1. The predicted octanol–water partition coefficient (Wildman–Crippen LogP) is 3.63. The number of hydrogen-bond acceptors (Lipinski definition) is 2. The summed E-state index contributed by atoms with van der Waals surface area (Å²) in [5.41, 5.74) is 0. The largest absolute Gasteiger partial charge is 0.313 e. The van der Waals surface area contributed by atoms with Crippen LogP contribution in [0.4, 0.5) is 8.78 Å². The van der Waals surface area contributed by atoms with E-state index >= 15 is 0 Å². The summed E-state index contributed by atoms with van der Waals surface area (Å²) >= 11 is 0. The van der Waals surface area contributed by atoms with Crippen LogP contribution in [0.1, 0.15) is 39.0 Å². The van der Waals surface area contributed by atoms with Gasteiger partial charge in [0.2, 0.25) is 0 Å². The summed E-state index contributed by atoms with van der Waals surface area (Å²) in [5.74, 6) is -0.812. The molecule has 0 spiro atoms. The van der Waals surface area contributed by atoms with Crippen LogP contribution in [-0.4, -0.2) is 22.5 Å². The van der Waals surface area contributed by atoms with E-state index in [0.29, 0.717) is 16.6 Å². The van der Waals surface area contributed by atoms with E-state index in [1.54, 1.807) is 0 Å². The second kappa shape index (κ2) is 7.99. The Hall–Kier alpha value is -0.810. The van der Waals surface area contributed by atoms with Gasteiger partial charge in [0.25, 0.3) is 0 Å². The Morgan fingerprint density at radius 1 is 1.29 bits per heavy atom. The first-order valence-corrected chi connectivity index (χ1v) is 9.00. The molecule has 1 aliphatic carbocycles. The lowest BCUT2D eigenvalue weighted by molar-refractivity contribution is 0.385. The van der Waals surface area contributed by atoms with Gasteiger partial charge < -0.3 is 5.32 Å². The van der Waals surface area contributed by atoms with Crippen LogP contribution in [0.15, 0.2) is 23.1 Å². The van der Waals surface area contributed by atoms with Crippen molar-refractivity contribution in [1.29, 1.82) is 0 Å². The Morgan fingerprint density at radius 2 is 2.00 bits per heavy atom. The van der Waals surface area contributed by atoms with Gasteiger partial charge in [0.1, 0.15) is 0 Å². The zero-order valence-corrected chi connectivity index (χ0v) is 13.2. The summed E-state index contributed by atoms with van der Waals surface area (Å²) < 4.78 is 38.6. The Labute approximate surface area is 127 Å². The minimum atomic E-state index is -1.30. The molecule has 0 saturated heterocycles. The van der Waals surface area contributed by atoms with Crippen LogP contribution in [0.3, 0.4) is 0 Å². The molecule has 1 saturated carbocycles. The third-order valence-corrected chi connectivity index (χ3v) is 5.55. The molecule has 0 radical (unpaired) electrons. The first-order valence-electron chi connectivity index (χ1n) is 7.68. The summed E-state index contributed by atoms with van der Waals surface area (Å²) in [5, 5.41) is 3.48. The van der Waals surface area contributed by atoms with E-state index in [1.165, 1.54) is 18.9 Å². The van der Waals surface area contributed by atoms with E-state index < -0.39 is 22.4 Å². The molecule has 0 aromatic heterocycles. The highest BCUT2D eigenvalue weighted by Gasteiger charge is 2.26. The van der Waals surface area contributed by atoms with E-state index in [9.17, 15) is 13.0 Å². The Kier molecular flexibility index (Phi) is 6.30. The molecule has 5 heteroatoms. The lowest BCUT2D eigenvalue weighted by atomic mass is 10.00. The molecule has 2 nitrogen and oxygen atoms in total. The average molecular weight is 315 g/mol. The second-order valence-corrected chi connectivity index (χ2v) is 7.19. The van der Waals surface area contributed by atoms with Crippen molar-refractivity contribution in [2.24, 2.45) is 5.92 Å². The minimum absolute atomic E-state index is 0.196. The first-order chi connectivity index (χ1) is 10.1. The molecular weight excluding hydrogens is 292 g/mol. The number of rotatable bonds is 7. The smallest absolute Gasteiger partial charge is 0.160 e. The van der Waals surface area contributed by atoms with Gasteiger partial charge in [0.05, 0.1) is 10.8 Å². The fraction of sp³-hybridized carbons (Fsp3) is 0.625. The highest BCUT2D eigenvalue weighted by atomic mass is 32.2. The van der Waals surface area contributed by atoms with Gasteiger partial charge in [-0.05, 0) is 49.9 Å². The predicted molar refractivity (Wildman–Crippen MR) is 81.7 cm³/mol. The van der Waals surface area contributed by atoms with Crippen LogP contribution in [0.2, 0.25) is 0 Å². The number of hydrogen-bond donors (Lipinski definition) is 1. The molecule has 2 unspecified atom stereocenters. The van der Waals surface area contributed by atoms with Crippen molar-refractivity contribution in [3.63, 3.8) is 0 Å². The Morgan fingerprint density at radius 3 is 2.62 bits per heavy atom. The van der Waals surface area contributed by atoms with E-state index in [4.69, 9.17) is 0 Å². The summed E-state index contributed by atoms with van der Waals surface area (Å²) in [6.45, 7) is 3.00. The van der Waals surface area contributed by atoms with Gasteiger partial charge in [-0.1, -0.05) is 19.8 Å². The summed E-state index contributed by atoms with van der Waals surface area (Å²) in [6, 6.07) is 3.71. The molecule has 118 valence electrons. The zero-order chi connectivity index (χ0) is 15.2. The van der Waals surface area contributed by atoms with Gasteiger partial charge >= 0.3 is 0 Å². The van der Waals surface area contributed by atoms with Gasteiger partial charge in [0, 0.05) is 16.7 Å². The number of halogens is 2. The maximum atomic E-state index is 13.3. The molecule has 0 bridgehead atoms. The van der Waals surface area contributed by atoms with Gasteiger partial charge in [-0.3, -0.25) is 4.21 Å². The highest BCUT2D eigenvalue weighted by molar-refractivity contribution is 7.85. The molecular formula is C16H23F2NOS. The monoisotopic (exact) mass is 315 g/mol. The maximum Gasteiger partial charge on any atom is 0.160 e. The van der Waals surface area contributed by atoms with Gasteiger partial charge in [0.15, 0.2) is 11.6 Å². The van der Waals surface area contributed by atoms with Crippen molar-refractivity contribution in [3.8, 4) is 0 Å². The second-order valence-electron chi connectivity index (χ2n) is 5.69. The summed E-state index contributed by atoms with van der Waals surface area (Å²) in [4.78, 5) is 0.371. The van der Waals surface area contributed by atoms with E-state index in [-0.39, 0.29) is 6.04 Å². The molecule has 1 aliphatic rings. The quantitative estimate of drug-likeness (QED) is 0.832. The molecule has 1 aromatic carbocycles. The molecule has 2 atom stereocenters. The van der Waals surface area contributed by atoms with Crippen LogP contribution in [0.25, 0.3) is 0 Å². The molecule has 0 amide bonds. The first kappa shape index (κ1) is 16.6. The zero-order valence-electron chi connectivity index (χ0n) is 12.4. The van der Waals surface area contributed by atoms with Crippen molar-refractivity contribution in [2.45, 2.75) is 50.0 Å². The fourth-order valence-corrected chi connectivity index (χ4v) is 4.29.